The lowest BCUT2D eigenvalue weighted by Gasteiger charge is -2.32. The van der Waals surface area contributed by atoms with E-state index in [1.165, 1.54) is 17.8 Å². The van der Waals surface area contributed by atoms with Crippen LogP contribution in [0.3, 0.4) is 0 Å². The van der Waals surface area contributed by atoms with E-state index < -0.39 is 5.54 Å². The number of nitrogens with two attached hydrogens (primary N) is 1. The molecule has 3 N–H and O–H groups in total. The highest BCUT2D eigenvalue weighted by atomic mass is 32.2. The zero-order chi connectivity index (χ0) is 16.3. The van der Waals surface area contributed by atoms with Gasteiger partial charge in [-0.1, -0.05) is 17.8 Å². The third-order valence-corrected chi connectivity index (χ3v) is 4.50. The standard InChI is InChI=1S/C16H23FN4S/c1-16(13-9-11(19-2)5-6-14(13)17)10-12(7-8-21(3)4)22-15(18)20-16/h5-7,9,19H,8,10H2,1-4H3,(H2,18,20)/b12-7-. The SMILES string of the molecule is CNc1ccc(F)c(C2(C)C/C(=C/CN(C)C)SC(N)=N2)c1. The number of rotatable bonds is 4. The summed E-state index contributed by atoms with van der Waals surface area (Å²) >= 11 is 1.47. The molecule has 0 saturated heterocycles. The molecule has 1 unspecified atom stereocenters. The van der Waals surface area contributed by atoms with Crippen LogP contribution in [0.25, 0.3) is 0 Å². The van der Waals surface area contributed by atoms with Gasteiger partial charge in [0, 0.05) is 31.3 Å². The van der Waals surface area contributed by atoms with E-state index in [4.69, 9.17) is 5.73 Å². The molecule has 120 valence electrons. The highest BCUT2D eigenvalue weighted by Crippen LogP contribution is 2.42. The van der Waals surface area contributed by atoms with E-state index in [2.05, 4.69) is 21.3 Å². The predicted octanol–water partition coefficient (Wildman–Crippen LogP) is 2.98. The lowest BCUT2D eigenvalue weighted by molar-refractivity contribution is 0.447. The van der Waals surface area contributed by atoms with Crippen molar-refractivity contribution in [3.63, 3.8) is 0 Å². The van der Waals surface area contributed by atoms with Gasteiger partial charge in [-0.2, -0.15) is 0 Å². The Labute approximate surface area is 135 Å². The lowest BCUT2D eigenvalue weighted by atomic mass is 9.88. The van der Waals surface area contributed by atoms with Crippen molar-refractivity contribution in [1.82, 2.24) is 4.90 Å². The molecule has 0 amide bonds. The number of hydrogen-bond acceptors (Lipinski definition) is 5. The zero-order valence-corrected chi connectivity index (χ0v) is 14.3. The van der Waals surface area contributed by atoms with Gasteiger partial charge in [0.25, 0.3) is 0 Å². The summed E-state index contributed by atoms with van der Waals surface area (Å²) < 4.78 is 14.3. The number of anilines is 1. The Bertz CT molecular complexity index is 612. The van der Waals surface area contributed by atoms with Crippen LogP contribution in [0.4, 0.5) is 10.1 Å². The third-order valence-electron chi connectivity index (χ3n) is 3.63. The minimum Gasteiger partial charge on any atom is -0.388 e. The molecule has 0 saturated carbocycles. The van der Waals surface area contributed by atoms with Crippen molar-refractivity contribution in [1.29, 1.82) is 0 Å². The minimum absolute atomic E-state index is 0.253. The van der Waals surface area contributed by atoms with Crippen molar-refractivity contribution in [3.8, 4) is 0 Å². The summed E-state index contributed by atoms with van der Waals surface area (Å²) in [5.74, 6) is -0.253. The quantitative estimate of drug-likeness (QED) is 0.895. The maximum absolute atomic E-state index is 14.3. The molecule has 0 spiro atoms. The van der Waals surface area contributed by atoms with Crippen molar-refractivity contribution in [2.45, 2.75) is 18.9 Å². The molecular formula is C16H23FN4S. The van der Waals surface area contributed by atoms with Gasteiger partial charge in [-0.05, 0) is 44.1 Å². The summed E-state index contributed by atoms with van der Waals surface area (Å²) in [6.45, 7) is 2.76. The molecule has 0 bridgehead atoms. The molecule has 1 heterocycles. The molecule has 4 nitrogen and oxygen atoms in total. The topological polar surface area (TPSA) is 53.6 Å². The number of halogens is 1. The van der Waals surface area contributed by atoms with Crippen LogP contribution >= 0.6 is 11.8 Å². The number of benzene rings is 1. The molecule has 1 aromatic carbocycles. The summed E-state index contributed by atoms with van der Waals surface area (Å²) in [4.78, 5) is 7.73. The van der Waals surface area contributed by atoms with E-state index in [1.807, 2.05) is 34.1 Å². The number of nitrogens with one attached hydrogen (secondary N) is 1. The van der Waals surface area contributed by atoms with Crippen LogP contribution in [0.1, 0.15) is 18.9 Å². The molecule has 0 aromatic heterocycles. The summed E-state index contributed by atoms with van der Waals surface area (Å²) in [5.41, 5.74) is 6.74. The molecule has 1 aromatic rings. The number of nitrogens with zero attached hydrogens (tertiary/aromatic N) is 2. The van der Waals surface area contributed by atoms with Crippen molar-refractivity contribution in [2.24, 2.45) is 10.7 Å². The number of aliphatic imine (C=N–C) groups is 1. The fourth-order valence-corrected chi connectivity index (χ4v) is 3.49. The van der Waals surface area contributed by atoms with Crippen molar-refractivity contribution in [3.05, 3.63) is 40.6 Å². The summed E-state index contributed by atoms with van der Waals surface area (Å²) in [7, 11) is 5.84. The minimum atomic E-state index is -0.676. The average Bonchev–Trinajstić information content (AvgIpc) is 2.44. The maximum atomic E-state index is 14.3. The first kappa shape index (κ1) is 16.8. The molecule has 1 aliphatic rings. The van der Waals surface area contributed by atoms with Crippen LogP contribution in [0, 0.1) is 5.82 Å². The van der Waals surface area contributed by atoms with Crippen LogP contribution in [-0.4, -0.2) is 37.8 Å². The van der Waals surface area contributed by atoms with Gasteiger partial charge < -0.3 is 16.0 Å². The third kappa shape index (κ3) is 3.81. The smallest absolute Gasteiger partial charge is 0.159 e. The van der Waals surface area contributed by atoms with Crippen LogP contribution in [0.2, 0.25) is 0 Å². The van der Waals surface area contributed by atoms with Crippen molar-refractivity contribution < 1.29 is 4.39 Å². The number of thioether (sulfide) groups is 1. The van der Waals surface area contributed by atoms with Crippen LogP contribution < -0.4 is 11.1 Å². The molecule has 22 heavy (non-hydrogen) atoms. The highest BCUT2D eigenvalue weighted by Gasteiger charge is 2.34. The second-order valence-electron chi connectivity index (χ2n) is 5.88. The van der Waals surface area contributed by atoms with E-state index in [9.17, 15) is 4.39 Å². The molecule has 6 heteroatoms. The van der Waals surface area contributed by atoms with E-state index in [0.29, 0.717) is 17.2 Å². The molecule has 1 atom stereocenters. The number of likely N-dealkylation sites (N-methyl/N-ethyl adjacent to an activating group) is 1. The molecule has 0 fully saturated rings. The van der Waals surface area contributed by atoms with Gasteiger partial charge in [0.2, 0.25) is 0 Å². The van der Waals surface area contributed by atoms with E-state index in [-0.39, 0.29) is 5.82 Å². The normalized spacial score (nSPS) is 23.7. The molecule has 1 aliphatic heterocycles. The Morgan fingerprint density at radius 3 is 2.86 bits per heavy atom. The first-order chi connectivity index (χ1) is 10.3. The zero-order valence-electron chi connectivity index (χ0n) is 13.5. The number of amidine groups is 1. The predicted molar refractivity (Wildman–Crippen MR) is 93.8 cm³/mol. The van der Waals surface area contributed by atoms with Gasteiger partial charge in [0.15, 0.2) is 5.17 Å². The Hall–Kier alpha value is -1.53. The van der Waals surface area contributed by atoms with E-state index in [1.54, 1.807) is 6.07 Å². The van der Waals surface area contributed by atoms with Gasteiger partial charge in [-0.25, -0.2) is 4.39 Å². The average molecular weight is 322 g/mol. The second-order valence-corrected chi connectivity index (χ2v) is 7.03. The Balaban J connectivity index is 2.39. The largest absolute Gasteiger partial charge is 0.388 e. The Morgan fingerprint density at radius 2 is 2.23 bits per heavy atom. The van der Waals surface area contributed by atoms with E-state index >= 15 is 0 Å². The molecule has 0 aliphatic carbocycles. The van der Waals surface area contributed by atoms with Gasteiger partial charge in [-0.15, -0.1) is 0 Å². The second kappa shape index (κ2) is 6.71. The first-order valence-electron chi connectivity index (χ1n) is 7.19. The van der Waals surface area contributed by atoms with Crippen molar-refractivity contribution >= 4 is 22.6 Å². The fraction of sp³-hybridized carbons (Fsp3) is 0.438. The van der Waals surface area contributed by atoms with E-state index in [0.717, 1.165) is 17.1 Å². The summed E-state index contributed by atoms with van der Waals surface area (Å²) in [6, 6.07) is 5.00. The van der Waals surface area contributed by atoms with Crippen LogP contribution in [0.15, 0.2) is 34.2 Å². The van der Waals surface area contributed by atoms with Gasteiger partial charge in [0.1, 0.15) is 5.82 Å². The van der Waals surface area contributed by atoms with Gasteiger partial charge in [0.05, 0.1) is 5.54 Å². The first-order valence-corrected chi connectivity index (χ1v) is 8.00. The fourth-order valence-electron chi connectivity index (χ4n) is 2.46. The summed E-state index contributed by atoms with van der Waals surface area (Å²) in [6.07, 6.45) is 2.78. The monoisotopic (exact) mass is 322 g/mol. The van der Waals surface area contributed by atoms with Gasteiger partial charge in [-0.3, -0.25) is 4.99 Å². The van der Waals surface area contributed by atoms with Crippen LogP contribution in [0.5, 0.6) is 0 Å². The van der Waals surface area contributed by atoms with Crippen molar-refractivity contribution in [2.75, 3.05) is 33.0 Å². The molecular weight excluding hydrogens is 299 g/mol. The lowest BCUT2D eigenvalue weighted by Crippen LogP contribution is -2.29. The van der Waals surface area contributed by atoms with Gasteiger partial charge >= 0.3 is 0 Å². The Kier molecular flexibility index (Phi) is 5.13. The molecule has 2 rings (SSSR count). The molecule has 0 radical (unpaired) electrons. The highest BCUT2D eigenvalue weighted by molar-refractivity contribution is 8.17. The Morgan fingerprint density at radius 1 is 1.50 bits per heavy atom. The number of hydrogen-bond donors (Lipinski definition) is 2. The van der Waals surface area contributed by atoms with Crippen LogP contribution in [-0.2, 0) is 5.54 Å². The summed E-state index contributed by atoms with van der Waals surface area (Å²) in [5, 5.41) is 3.52. The maximum Gasteiger partial charge on any atom is 0.159 e.